The molecule has 0 radical (unpaired) electrons. The highest BCUT2D eigenvalue weighted by Gasteiger charge is 2.40. The summed E-state index contributed by atoms with van der Waals surface area (Å²) in [5.74, 6) is -17.4. The summed E-state index contributed by atoms with van der Waals surface area (Å²) in [4.78, 5) is 56.4. The van der Waals surface area contributed by atoms with Gasteiger partial charge in [-0.25, -0.2) is 27.3 Å². The van der Waals surface area contributed by atoms with Gasteiger partial charge in [-0.15, -0.1) is 26.3 Å². The number of anilines is 2. The fraction of sp³-hybridized carbons (Fsp3) is 0.156. The van der Waals surface area contributed by atoms with Crippen molar-refractivity contribution >= 4 is 35.1 Å². The fourth-order valence-electron chi connectivity index (χ4n) is 5.94. The van der Waals surface area contributed by atoms with Crippen molar-refractivity contribution in [2.24, 2.45) is 5.73 Å². The highest BCUT2D eigenvalue weighted by molar-refractivity contribution is 6.08. The smallest absolute Gasteiger partial charge is 0.464 e. The number of aromatic nitrogens is 2. The Kier molecular flexibility index (Phi) is 16.8. The number of aryl methyl sites for hydroxylation is 2. The topological polar surface area (TPSA) is 190 Å². The Balaban J connectivity index is 0.000000277. The molecule has 14 nitrogen and oxygen atoms in total. The Morgan fingerprint density at radius 3 is 1.21 bits per heavy atom. The molecule has 398 valence electrons. The molecule has 0 spiro atoms. The summed E-state index contributed by atoms with van der Waals surface area (Å²) in [7, 11) is 1.05. The second-order valence-corrected chi connectivity index (χ2v) is 14.6. The van der Waals surface area contributed by atoms with Gasteiger partial charge < -0.3 is 40.1 Å². The van der Waals surface area contributed by atoms with Crippen molar-refractivity contribution in [2.45, 2.75) is 38.9 Å². The largest absolute Gasteiger partial charge is 0.573 e. The van der Waals surface area contributed by atoms with Gasteiger partial charge in [-0.3, -0.25) is 19.4 Å². The Labute approximate surface area is 407 Å². The molecule has 0 saturated heterocycles. The molecule has 3 amide bonds. The number of methoxy groups -OCH3 is 1. The van der Waals surface area contributed by atoms with E-state index < -0.39 is 129 Å². The lowest BCUT2D eigenvalue weighted by Gasteiger charge is -2.17. The molecule has 2 aromatic heterocycles. The Morgan fingerprint density at radius 2 is 0.880 bits per heavy atom. The van der Waals surface area contributed by atoms with Gasteiger partial charge >= 0.3 is 31.0 Å². The number of nitrogens with zero attached hydrogens (tertiary/aromatic N) is 2. The minimum Gasteiger partial charge on any atom is -0.464 e. The minimum atomic E-state index is -5.23. The molecule has 0 aliphatic rings. The summed E-state index contributed by atoms with van der Waals surface area (Å²) < 4.78 is 234. The van der Waals surface area contributed by atoms with Crippen LogP contribution in [0, 0.1) is 37.1 Å². The van der Waals surface area contributed by atoms with Crippen LogP contribution in [0.4, 0.5) is 81.6 Å². The number of rotatable bonds is 12. The third-order valence-corrected chi connectivity index (χ3v) is 9.34. The minimum absolute atomic E-state index is 0.146. The molecule has 6 aromatic rings. The SMILES string of the molecule is COC(=O)c1cc(NC(=O)c2c(Oc3ccc(OC(F)(F)F)c(F)c3)ccc(C(F)(F)F)c2F)c(C)cn1.Cc1cnc(C(N)=O)cc1NC(=O)c1c(Oc2ccc(OC(F)(F)F)c(F)c2)ccc(C(F)(F)F)c1F. The van der Waals surface area contributed by atoms with E-state index in [2.05, 4.69) is 34.8 Å². The van der Waals surface area contributed by atoms with Gasteiger partial charge in [-0.2, -0.15) is 26.3 Å². The molecular weight excluding hydrogens is 1060 g/mol. The van der Waals surface area contributed by atoms with Crippen molar-refractivity contribution in [3.8, 4) is 34.5 Å². The lowest BCUT2D eigenvalue weighted by molar-refractivity contribution is -0.276. The highest BCUT2D eigenvalue weighted by atomic mass is 19.4. The van der Waals surface area contributed by atoms with Gasteiger partial charge in [0, 0.05) is 35.9 Å². The third-order valence-electron chi connectivity index (χ3n) is 9.34. The number of nitrogens with two attached hydrogens (primary N) is 1. The monoisotopic (exact) mass is 1090 g/mol. The number of halogens is 16. The van der Waals surface area contributed by atoms with Crippen LogP contribution in [0.1, 0.15) is 63.9 Å². The van der Waals surface area contributed by atoms with Crippen LogP contribution in [0.3, 0.4) is 0 Å². The number of primary amides is 1. The first-order valence-electron chi connectivity index (χ1n) is 19.9. The number of nitrogens with one attached hydrogen (secondary N) is 2. The first kappa shape index (κ1) is 57.0. The van der Waals surface area contributed by atoms with Crippen LogP contribution in [0.2, 0.25) is 0 Å². The van der Waals surface area contributed by atoms with Crippen molar-refractivity contribution in [2.75, 3.05) is 17.7 Å². The molecule has 0 unspecified atom stereocenters. The van der Waals surface area contributed by atoms with Crippen molar-refractivity contribution in [3.63, 3.8) is 0 Å². The third kappa shape index (κ3) is 14.7. The zero-order valence-corrected chi connectivity index (χ0v) is 37.3. The maximum atomic E-state index is 15.0. The van der Waals surface area contributed by atoms with Gasteiger partial charge in [0.1, 0.15) is 45.5 Å². The molecule has 0 atom stereocenters. The molecule has 30 heteroatoms. The average Bonchev–Trinajstić information content (AvgIpc) is 3.28. The van der Waals surface area contributed by atoms with Gasteiger partial charge in [0.05, 0.1) is 18.2 Å². The molecule has 0 aliphatic heterocycles. The predicted octanol–water partition coefficient (Wildman–Crippen LogP) is 12.1. The second-order valence-electron chi connectivity index (χ2n) is 14.6. The molecule has 0 aliphatic carbocycles. The molecule has 2 heterocycles. The van der Waals surface area contributed by atoms with E-state index in [0.29, 0.717) is 36.4 Å². The van der Waals surface area contributed by atoms with E-state index in [1.165, 1.54) is 13.8 Å². The van der Waals surface area contributed by atoms with Crippen molar-refractivity contribution in [3.05, 3.63) is 153 Å². The van der Waals surface area contributed by atoms with E-state index in [1.54, 1.807) is 0 Å². The van der Waals surface area contributed by atoms with E-state index in [4.69, 9.17) is 15.2 Å². The van der Waals surface area contributed by atoms with Crippen LogP contribution in [0.25, 0.3) is 0 Å². The first-order chi connectivity index (χ1) is 34.7. The number of benzene rings is 4. The van der Waals surface area contributed by atoms with Crippen LogP contribution in [-0.2, 0) is 17.1 Å². The van der Waals surface area contributed by atoms with Crippen molar-refractivity contribution in [1.29, 1.82) is 0 Å². The fourth-order valence-corrected chi connectivity index (χ4v) is 5.94. The van der Waals surface area contributed by atoms with Crippen LogP contribution in [0.15, 0.2) is 85.2 Å². The zero-order chi connectivity index (χ0) is 56.1. The molecule has 4 aromatic carbocycles. The lowest BCUT2D eigenvalue weighted by Crippen LogP contribution is -2.20. The molecule has 0 saturated carbocycles. The number of carbonyl (C=O) groups excluding carboxylic acids is 4. The Hall–Kier alpha value is -8.86. The summed E-state index contributed by atoms with van der Waals surface area (Å²) in [6, 6.07) is 6.93. The molecular formula is C45H27F16N5O9. The average molecular weight is 1090 g/mol. The standard InChI is InChI=1S/C23H14F8N2O5.C22H13F8N3O4/c1-10-9-32-15(21(35)36-2)8-14(10)33-20(34)18-17(6-4-12(19(18)25)22(26,27)28)37-11-3-5-16(13(24)7-11)38-23(29,30)31;1-9-8-32-14(19(31)34)7-13(9)33-20(35)17-16(5-3-11(18(17)24)21(25,26)27)36-10-2-4-15(12(23)6-10)37-22(28,29)30/h3-9H,1-2H3,(H,32,33,34);2-8H,1H3,(H2,31,34)(H,32,33,35). The summed E-state index contributed by atoms with van der Waals surface area (Å²) in [5.41, 5.74) is -1.57. The normalized spacial score (nSPS) is 11.7. The lowest BCUT2D eigenvalue weighted by atomic mass is 10.1. The number of alkyl halides is 12. The zero-order valence-electron chi connectivity index (χ0n) is 37.3. The van der Waals surface area contributed by atoms with Gasteiger partial charge in [-0.05, 0) is 85.6 Å². The molecule has 6 rings (SSSR count). The van der Waals surface area contributed by atoms with Gasteiger partial charge in [-0.1, -0.05) is 0 Å². The summed E-state index contributed by atoms with van der Waals surface area (Å²) in [6.45, 7) is 2.82. The second kappa shape index (κ2) is 22.1. The molecule has 75 heavy (non-hydrogen) atoms. The van der Waals surface area contributed by atoms with E-state index >= 15 is 4.39 Å². The van der Waals surface area contributed by atoms with E-state index in [0.717, 1.165) is 43.8 Å². The number of hydrogen-bond acceptors (Lipinski definition) is 11. The Morgan fingerprint density at radius 1 is 0.520 bits per heavy atom. The van der Waals surface area contributed by atoms with Crippen molar-refractivity contribution < 1.29 is 113 Å². The van der Waals surface area contributed by atoms with E-state index in [1.807, 2.05) is 0 Å². The molecule has 0 fully saturated rings. The van der Waals surface area contributed by atoms with E-state index in [9.17, 15) is 85.0 Å². The van der Waals surface area contributed by atoms with Crippen LogP contribution < -0.4 is 35.3 Å². The molecule has 4 N–H and O–H groups in total. The summed E-state index contributed by atoms with van der Waals surface area (Å²) in [6.07, 6.45) is -18.6. The number of esters is 1. The molecule has 0 bridgehead atoms. The summed E-state index contributed by atoms with van der Waals surface area (Å²) >= 11 is 0. The highest BCUT2D eigenvalue weighted by Crippen LogP contribution is 2.41. The van der Waals surface area contributed by atoms with Crippen LogP contribution in [0.5, 0.6) is 34.5 Å². The Bertz CT molecular complexity index is 3180. The quantitative estimate of drug-likeness (QED) is 0.0781. The van der Waals surface area contributed by atoms with Crippen molar-refractivity contribution in [1.82, 2.24) is 9.97 Å². The number of amides is 3. The number of hydrogen-bond donors (Lipinski definition) is 3. The number of pyridine rings is 2. The van der Waals surface area contributed by atoms with E-state index in [-0.39, 0.29) is 46.0 Å². The maximum absolute atomic E-state index is 15.0. The van der Waals surface area contributed by atoms with Gasteiger partial charge in [0.15, 0.2) is 34.8 Å². The van der Waals surface area contributed by atoms with Crippen LogP contribution in [-0.4, -0.2) is 53.5 Å². The number of ether oxygens (including phenoxy) is 5. The maximum Gasteiger partial charge on any atom is 0.573 e. The predicted molar refractivity (Wildman–Crippen MR) is 223 cm³/mol. The number of carbonyl (C=O) groups is 4. The summed E-state index contributed by atoms with van der Waals surface area (Å²) in [5, 5.41) is 4.27. The van der Waals surface area contributed by atoms with Gasteiger partial charge in [0.25, 0.3) is 17.7 Å². The van der Waals surface area contributed by atoms with Gasteiger partial charge in [0.2, 0.25) is 0 Å². The van der Waals surface area contributed by atoms with Crippen LogP contribution >= 0.6 is 0 Å². The first-order valence-corrected chi connectivity index (χ1v) is 19.9.